The molecule has 0 aliphatic carbocycles. The van der Waals surface area contributed by atoms with Gasteiger partial charge in [0.25, 0.3) is 0 Å². The van der Waals surface area contributed by atoms with Crippen molar-refractivity contribution < 1.29 is 37.2 Å². The number of benzene rings is 2. The first-order valence-corrected chi connectivity index (χ1v) is 18.4. The fourth-order valence-corrected chi connectivity index (χ4v) is 7.00. The van der Waals surface area contributed by atoms with Crippen LogP contribution in [0.1, 0.15) is 44.1 Å². The molecule has 2 aromatic carbocycles. The van der Waals surface area contributed by atoms with E-state index in [9.17, 15) is 37.2 Å². The highest BCUT2D eigenvalue weighted by atomic mass is 35.5. The van der Waals surface area contributed by atoms with Crippen molar-refractivity contribution in [3.05, 3.63) is 48.0 Å². The van der Waals surface area contributed by atoms with Gasteiger partial charge in [-0.1, -0.05) is 42.5 Å². The number of halogens is 1. The van der Waals surface area contributed by atoms with Gasteiger partial charge in [-0.3, -0.25) is 24.0 Å². The van der Waals surface area contributed by atoms with Crippen LogP contribution in [0.25, 0.3) is 10.8 Å². The molecule has 1 aliphatic rings. The lowest BCUT2D eigenvalue weighted by Crippen LogP contribution is -2.70. The predicted octanol–water partition coefficient (Wildman–Crippen LogP) is -0.188. The topological polar surface area (TPSA) is 254 Å². The number of likely N-dealkylation sites (tertiary alicyclic amines) is 1. The molecule has 15 nitrogen and oxygen atoms in total. The number of carbonyl (C=O) groups excluding carboxylic acids is 6. The van der Waals surface area contributed by atoms with Crippen LogP contribution in [0.5, 0.6) is 0 Å². The molecule has 1 fully saturated rings. The van der Waals surface area contributed by atoms with Crippen LogP contribution in [0.4, 0.5) is 4.79 Å². The molecule has 49 heavy (non-hydrogen) atoms. The molecule has 9 N–H and O–H groups in total. The van der Waals surface area contributed by atoms with Crippen LogP contribution >= 0.6 is 11.6 Å². The summed E-state index contributed by atoms with van der Waals surface area (Å²) < 4.78 is 24.1. The van der Waals surface area contributed by atoms with E-state index < -0.39 is 80.6 Å². The Balaban J connectivity index is 2.12. The Labute approximate surface area is 289 Å². The average molecular weight is 722 g/mol. The van der Waals surface area contributed by atoms with Crippen LogP contribution in [-0.4, -0.2) is 97.5 Å². The van der Waals surface area contributed by atoms with Gasteiger partial charge in [0.15, 0.2) is 0 Å². The first-order valence-electron chi connectivity index (χ1n) is 15.8. The molecule has 0 spiro atoms. The maximum Gasteiger partial charge on any atom is 0.312 e. The standard InChI is InChI=1S/C32H44ClN7O8S/c1-49(47,48)16-12-25(38-26(41)19-33)29(44)40-15-5-4-13-32(40,30(35)45)23(18-20-10-11-21-7-2-3-8-22(21)17-20)28(43)39-24(27(34)42)9-6-14-37-31(36)46/h2-3,7-8,10-11,17,23-25H,4-6,9,12-16,18-19H2,1H3,(H2,34,42)(H2,35,45)(H,38,41)(H,39,43)(H3,36,37,46)/t23-,24+,25+,32?/m1/s1. The number of hydrogen-bond acceptors (Lipinski definition) is 8. The average Bonchev–Trinajstić information content (AvgIpc) is 3.05. The molecule has 268 valence electrons. The molecule has 1 heterocycles. The van der Waals surface area contributed by atoms with E-state index in [4.69, 9.17) is 28.8 Å². The number of hydrogen-bond donors (Lipinski definition) is 6. The van der Waals surface area contributed by atoms with E-state index in [-0.39, 0.29) is 45.2 Å². The number of amides is 7. The number of fused-ring (bicyclic) bond motifs is 1. The van der Waals surface area contributed by atoms with Crippen molar-refractivity contribution in [3.63, 3.8) is 0 Å². The minimum atomic E-state index is -3.58. The third-order valence-corrected chi connectivity index (χ3v) is 9.89. The highest BCUT2D eigenvalue weighted by Gasteiger charge is 2.56. The number of urea groups is 1. The number of nitrogens with two attached hydrogens (primary N) is 3. The normalized spacial score (nSPS) is 18.1. The summed E-state index contributed by atoms with van der Waals surface area (Å²) in [5.41, 5.74) is 15.5. The molecule has 3 rings (SSSR count). The van der Waals surface area contributed by atoms with Crippen molar-refractivity contribution in [1.29, 1.82) is 0 Å². The highest BCUT2D eigenvalue weighted by Crippen LogP contribution is 2.38. The number of nitrogens with zero attached hydrogens (tertiary/aromatic N) is 1. The van der Waals surface area contributed by atoms with Gasteiger partial charge in [-0.05, 0) is 61.3 Å². The van der Waals surface area contributed by atoms with Crippen LogP contribution in [0, 0.1) is 5.92 Å². The number of carbonyl (C=O) groups is 6. The maximum absolute atomic E-state index is 14.4. The molecule has 1 unspecified atom stereocenters. The number of piperidine rings is 1. The maximum atomic E-state index is 14.4. The summed E-state index contributed by atoms with van der Waals surface area (Å²) in [6, 6.07) is 9.59. The molecule has 7 amide bonds. The smallest absolute Gasteiger partial charge is 0.312 e. The molecular weight excluding hydrogens is 678 g/mol. The SMILES string of the molecule is CS(=O)(=O)CC[C@H](NC(=O)CCl)C(=O)N1CCCCC1(C(N)=O)[C@H](Cc1ccc2ccccc2c1)C(=O)N[C@@H](CCCNC(N)=O)C(N)=O. The molecule has 17 heteroatoms. The van der Waals surface area contributed by atoms with Crippen LogP contribution in [0.2, 0.25) is 0 Å². The number of primary amides is 3. The Morgan fingerprint density at radius 1 is 0.939 bits per heavy atom. The Kier molecular flexibility index (Phi) is 13.8. The van der Waals surface area contributed by atoms with Gasteiger partial charge in [0.1, 0.15) is 33.3 Å². The molecular formula is C32H44ClN7O8S. The van der Waals surface area contributed by atoms with Gasteiger partial charge in [-0.2, -0.15) is 0 Å². The monoisotopic (exact) mass is 721 g/mol. The Morgan fingerprint density at radius 2 is 1.63 bits per heavy atom. The Hall–Kier alpha value is -4.44. The summed E-state index contributed by atoms with van der Waals surface area (Å²) in [4.78, 5) is 79.5. The zero-order valence-electron chi connectivity index (χ0n) is 27.3. The second kappa shape index (κ2) is 17.3. The lowest BCUT2D eigenvalue weighted by atomic mass is 9.71. The van der Waals surface area contributed by atoms with Crippen molar-refractivity contribution in [1.82, 2.24) is 20.9 Å². The first-order chi connectivity index (χ1) is 23.1. The lowest BCUT2D eigenvalue weighted by Gasteiger charge is -2.50. The van der Waals surface area contributed by atoms with Gasteiger partial charge in [-0.25, -0.2) is 13.2 Å². The summed E-state index contributed by atoms with van der Waals surface area (Å²) in [5.74, 6) is -6.53. The van der Waals surface area contributed by atoms with E-state index in [2.05, 4.69) is 16.0 Å². The third-order valence-electron chi connectivity index (χ3n) is 8.67. The van der Waals surface area contributed by atoms with Crippen molar-refractivity contribution >= 4 is 67.8 Å². The zero-order valence-corrected chi connectivity index (χ0v) is 28.9. The van der Waals surface area contributed by atoms with E-state index in [0.29, 0.717) is 18.4 Å². The van der Waals surface area contributed by atoms with E-state index in [1.165, 1.54) is 4.90 Å². The molecule has 0 saturated carbocycles. The van der Waals surface area contributed by atoms with Gasteiger partial charge in [-0.15, -0.1) is 11.6 Å². The van der Waals surface area contributed by atoms with Crippen LogP contribution in [0.3, 0.4) is 0 Å². The van der Waals surface area contributed by atoms with Crippen LogP contribution < -0.4 is 33.2 Å². The molecule has 4 atom stereocenters. The van der Waals surface area contributed by atoms with E-state index in [1.807, 2.05) is 36.4 Å². The Bertz CT molecular complexity index is 1670. The van der Waals surface area contributed by atoms with Crippen molar-refractivity contribution in [3.8, 4) is 0 Å². The number of sulfone groups is 1. The highest BCUT2D eigenvalue weighted by molar-refractivity contribution is 7.90. The Morgan fingerprint density at radius 3 is 2.24 bits per heavy atom. The molecule has 1 aliphatic heterocycles. The van der Waals surface area contributed by atoms with Crippen LogP contribution in [0.15, 0.2) is 42.5 Å². The van der Waals surface area contributed by atoms with Crippen molar-refractivity contribution in [2.24, 2.45) is 23.1 Å². The summed E-state index contributed by atoms with van der Waals surface area (Å²) in [7, 11) is -3.58. The van der Waals surface area contributed by atoms with E-state index in [1.54, 1.807) is 6.07 Å². The summed E-state index contributed by atoms with van der Waals surface area (Å²) in [6.07, 6.45) is 1.59. The predicted molar refractivity (Wildman–Crippen MR) is 184 cm³/mol. The number of rotatable bonds is 17. The third kappa shape index (κ3) is 10.5. The largest absolute Gasteiger partial charge is 0.368 e. The second-order valence-electron chi connectivity index (χ2n) is 12.2. The number of alkyl halides is 1. The van der Waals surface area contributed by atoms with Crippen molar-refractivity contribution in [2.75, 3.05) is 31.0 Å². The molecule has 1 saturated heterocycles. The quantitative estimate of drug-likeness (QED) is 0.0941. The van der Waals surface area contributed by atoms with E-state index >= 15 is 0 Å². The molecule has 0 radical (unpaired) electrons. The van der Waals surface area contributed by atoms with Gasteiger partial charge >= 0.3 is 6.03 Å². The van der Waals surface area contributed by atoms with Crippen LogP contribution in [-0.2, 0) is 40.2 Å². The summed E-state index contributed by atoms with van der Waals surface area (Å²) in [6.45, 7) is 0.0688. The molecule has 2 aromatic rings. The van der Waals surface area contributed by atoms with Gasteiger partial charge in [0, 0.05) is 19.3 Å². The summed E-state index contributed by atoms with van der Waals surface area (Å²) in [5, 5.41) is 9.27. The fraction of sp³-hybridized carbons (Fsp3) is 0.500. The summed E-state index contributed by atoms with van der Waals surface area (Å²) >= 11 is 5.69. The zero-order chi connectivity index (χ0) is 36.4. The van der Waals surface area contributed by atoms with Gasteiger partial charge < -0.3 is 38.1 Å². The minimum absolute atomic E-state index is 0.0221. The minimum Gasteiger partial charge on any atom is -0.368 e. The first kappa shape index (κ1) is 39.0. The van der Waals surface area contributed by atoms with Crippen molar-refractivity contribution in [2.45, 2.75) is 62.6 Å². The van der Waals surface area contributed by atoms with Gasteiger partial charge in [0.2, 0.25) is 29.5 Å². The fourth-order valence-electron chi connectivity index (χ4n) is 6.26. The van der Waals surface area contributed by atoms with Gasteiger partial charge in [0.05, 0.1) is 11.7 Å². The molecule has 0 bridgehead atoms. The van der Waals surface area contributed by atoms with E-state index in [0.717, 1.165) is 17.0 Å². The number of nitrogens with one attached hydrogen (secondary N) is 3. The second-order valence-corrected chi connectivity index (χ2v) is 14.8. The lowest BCUT2D eigenvalue weighted by molar-refractivity contribution is -0.160. The molecule has 0 aromatic heterocycles.